The van der Waals surface area contributed by atoms with Crippen LogP contribution in [-0.2, 0) is 0 Å². The molecule has 0 radical (unpaired) electrons. The second-order valence-electron chi connectivity index (χ2n) is 3.50. The smallest absolute Gasteiger partial charge is 0.337 e. The third-order valence-corrected chi connectivity index (χ3v) is 2.80. The van der Waals surface area contributed by atoms with E-state index in [1.54, 1.807) is 12.1 Å². The van der Waals surface area contributed by atoms with Crippen LogP contribution in [-0.4, -0.2) is 26.8 Å². The van der Waals surface area contributed by atoms with Gasteiger partial charge in [0, 0.05) is 10.7 Å². The molecular weight excluding hydrogens is 302 g/mol. The normalized spacial score (nSPS) is 10.3. The molecule has 0 saturated heterocycles. The first kappa shape index (κ1) is 12.3. The number of aromatic carboxylic acids is 1. The summed E-state index contributed by atoms with van der Waals surface area (Å²) < 4.78 is 1.95. The SMILES string of the molecule is NC(=O)c1cnn(-c2ccc(Br)cc2C(=O)O)c1. The number of halogens is 1. The molecule has 2 rings (SSSR count). The number of primary amides is 1. The van der Waals surface area contributed by atoms with Crippen LogP contribution in [0.15, 0.2) is 35.1 Å². The maximum atomic E-state index is 11.1. The van der Waals surface area contributed by atoms with E-state index in [9.17, 15) is 9.59 Å². The lowest BCUT2D eigenvalue weighted by molar-refractivity contribution is 0.0696. The fraction of sp³-hybridized carbons (Fsp3) is 0. The Morgan fingerprint density at radius 1 is 1.39 bits per heavy atom. The van der Waals surface area contributed by atoms with E-state index in [2.05, 4.69) is 21.0 Å². The first-order valence-electron chi connectivity index (χ1n) is 4.86. The second-order valence-corrected chi connectivity index (χ2v) is 4.42. The number of carboxylic acid groups (broad SMARTS) is 1. The lowest BCUT2D eigenvalue weighted by Crippen LogP contribution is -2.10. The van der Waals surface area contributed by atoms with Crippen molar-refractivity contribution in [3.8, 4) is 5.69 Å². The Morgan fingerprint density at radius 2 is 2.11 bits per heavy atom. The van der Waals surface area contributed by atoms with Gasteiger partial charge in [-0.3, -0.25) is 4.79 Å². The lowest BCUT2D eigenvalue weighted by atomic mass is 10.2. The minimum absolute atomic E-state index is 0.0727. The molecule has 0 aliphatic rings. The van der Waals surface area contributed by atoms with E-state index in [4.69, 9.17) is 10.8 Å². The van der Waals surface area contributed by atoms with Gasteiger partial charge in [-0.1, -0.05) is 15.9 Å². The Bertz CT molecular complexity index is 636. The minimum atomic E-state index is -1.08. The molecule has 7 heteroatoms. The molecule has 2 aromatic rings. The molecule has 0 aliphatic heterocycles. The van der Waals surface area contributed by atoms with E-state index in [0.29, 0.717) is 10.2 Å². The number of carbonyl (C=O) groups is 2. The summed E-state index contributed by atoms with van der Waals surface area (Å²) >= 11 is 3.20. The van der Waals surface area contributed by atoms with Crippen molar-refractivity contribution in [2.45, 2.75) is 0 Å². The Morgan fingerprint density at radius 3 is 2.67 bits per heavy atom. The fourth-order valence-corrected chi connectivity index (χ4v) is 1.82. The molecule has 0 unspecified atom stereocenters. The van der Waals surface area contributed by atoms with E-state index in [1.807, 2.05) is 0 Å². The standard InChI is InChI=1S/C11H8BrN3O3/c12-7-1-2-9(8(3-7)11(17)18)15-5-6(4-14-15)10(13)16/h1-5H,(H2,13,16)(H,17,18). The zero-order valence-corrected chi connectivity index (χ0v) is 10.6. The number of rotatable bonds is 3. The molecule has 0 atom stereocenters. The molecule has 0 saturated carbocycles. The van der Waals surface area contributed by atoms with Crippen molar-refractivity contribution in [1.29, 1.82) is 0 Å². The highest BCUT2D eigenvalue weighted by Crippen LogP contribution is 2.20. The summed E-state index contributed by atoms with van der Waals surface area (Å²) in [5, 5.41) is 13.0. The van der Waals surface area contributed by atoms with Crippen molar-refractivity contribution < 1.29 is 14.7 Å². The van der Waals surface area contributed by atoms with Gasteiger partial charge in [-0.25, -0.2) is 9.48 Å². The van der Waals surface area contributed by atoms with Crippen molar-refractivity contribution in [2.24, 2.45) is 5.73 Å². The monoisotopic (exact) mass is 309 g/mol. The van der Waals surface area contributed by atoms with Gasteiger partial charge in [0.05, 0.1) is 23.0 Å². The molecule has 18 heavy (non-hydrogen) atoms. The molecule has 3 N–H and O–H groups in total. The highest BCUT2D eigenvalue weighted by Gasteiger charge is 2.14. The topological polar surface area (TPSA) is 98.2 Å². The van der Waals surface area contributed by atoms with Gasteiger partial charge in [0.1, 0.15) is 0 Å². The fourth-order valence-electron chi connectivity index (χ4n) is 1.46. The van der Waals surface area contributed by atoms with Crippen molar-refractivity contribution in [2.75, 3.05) is 0 Å². The second kappa shape index (κ2) is 4.61. The molecule has 92 valence electrons. The average Bonchev–Trinajstić information content (AvgIpc) is 2.78. The number of hydrogen-bond donors (Lipinski definition) is 2. The molecule has 1 aromatic heterocycles. The van der Waals surface area contributed by atoms with E-state index >= 15 is 0 Å². The number of nitrogens with zero attached hydrogens (tertiary/aromatic N) is 2. The predicted octanol–water partition coefficient (Wildman–Crippen LogP) is 1.43. The van der Waals surface area contributed by atoms with Crippen LogP contribution in [0.1, 0.15) is 20.7 Å². The molecule has 0 fully saturated rings. The predicted molar refractivity (Wildman–Crippen MR) is 66.7 cm³/mol. The van der Waals surface area contributed by atoms with Crippen molar-refractivity contribution >= 4 is 27.8 Å². The molecule has 0 bridgehead atoms. The van der Waals surface area contributed by atoms with Crippen LogP contribution >= 0.6 is 15.9 Å². The molecule has 0 aliphatic carbocycles. The largest absolute Gasteiger partial charge is 0.478 e. The van der Waals surface area contributed by atoms with Gasteiger partial charge in [-0.15, -0.1) is 0 Å². The molecule has 0 spiro atoms. The van der Waals surface area contributed by atoms with Gasteiger partial charge < -0.3 is 10.8 Å². The van der Waals surface area contributed by atoms with E-state index < -0.39 is 11.9 Å². The van der Waals surface area contributed by atoms with Crippen LogP contribution in [0.3, 0.4) is 0 Å². The number of carbonyl (C=O) groups excluding carboxylic acids is 1. The van der Waals surface area contributed by atoms with Crippen molar-refractivity contribution in [1.82, 2.24) is 9.78 Å². The molecule has 1 aromatic carbocycles. The number of hydrogen-bond acceptors (Lipinski definition) is 3. The van der Waals surface area contributed by atoms with Gasteiger partial charge in [0.15, 0.2) is 0 Å². The zero-order valence-electron chi connectivity index (χ0n) is 9.00. The number of aromatic nitrogens is 2. The van der Waals surface area contributed by atoms with Crippen LogP contribution < -0.4 is 5.73 Å². The molecule has 1 amide bonds. The summed E-state index contributed by atoms with van der Waals surface area (Å²) in [6, 6.07) is 4.74. The van der Waals surface area contributed by atoms with Crippen molar-refractivity contribution in [3.63, 3.8) is 0 Å². The number of nitrogens with two attached hydrogens (primary N) is 1. The Labute approximate surface area is 110 Å². The maximum Gasteiger partial charge on any atom is 0.337 e. The molecular formula is C11H8BrN3O3. The summed E-state index contributed by atoms with van der Waals surface area (Å²) in [6.07, 6.45) is 2.67. The first-order valence-corrected chi connectivity index (χ1v) is 5.66. The summed E-state index contributed by atoms with van der Waals surface area (Å²) in [4.78, 5) is 22.1. The highest BCUT2D eigenvalue weighted by atomic mass is 79.9. The third kappa shape index (κ3) is 2.25. The van der Waals surface area contributed by atoms with Gasteiger partial charge in [-0.05, 0) is 18.2 Å². The van der Waals surface area contributed by atoms with Crippen LogP contribution in [0.5, 0.6) is 0 Å². The highest BCUT2D eigenvalue weighted by molar-refractivity contribution is 9.10. The maximum absolute atomic E-state index is 11.1. The average molecular weight is 310 g/mol. The lowest BCUT2D eigenvalue weighted by Gasteiger charge is -2.06. The first-order chi connectivity index (χ1) is 8.49. The van der Waals surface area contributed by atoms with Gasteiger partial charge >= 0.3 is 5.97 Å². The third-order valence-electron chi connectivity index (χ3n) is 2.30. The summed E-state index contributed by atoms with van der Waals surface area (Å²) in [5.41, 5.74) is 5.76. The quantitative estimate of drug-likeness (QED) is 0.896. The summed E-state index contributed by atoms with van der Waals surface area (Å²) in [5.74, 6) is -1.70. The Balaban J connectivity index is 2.55. The minimum Gasteiger partial charge on any atom is -0.478 e. The number of benzene rings is 1. The van der Waals surface area contributed by atoms with Gasteiger partial charge in [0.2, 0.25) is 0 Å². The van der Waals surface area contributed by atoms with Crippen LogP contribution in [0.25, 0.3) is 5.69 Å². The van der Waals surface area contributed by atoms with Crippen LogP contribution in [0, 0.1) is 0 Å². The Kier molecular flexibility index (Phi) is 3.15. The molecule has 1 heterocycles. The van der Waals surface area contributed by atoms with Gasteiger partial charge in [0.25, 0.3) is 5.91 Å². The van der Waals surface area contributed by atoms with Gasteiger partial charge in [-0.2, -0.15) is 5.10 Å². The summed E-state index contributed by atoms with van der Waals surface area (Å²) in [7, 11) is 0. The van der Waals surface area contributed by atoms with Crippen molar-refractivity contribution in [3.05, 3.63) is 46.2 Å². The molecule has 6 nitrogen and oxygen atoms in total. The number of amides is 1. The number of carboxylic acids is 1. The zero-order chi connectivity index (χ0) is 13.3. The Hall–Kier alpha value is -2.15. The summed E-state index contributed by atoms with van der Waals surface area (Å²) in [6.45, 7) is 0. The van der Waals surface area contributed by atoms with E-state index in [-0.39, 0.29) is 11.1 Å². The van der Waals surface area contributed by atoms with Crippen LogP contribution in [0.4, 0.5) is 0 Å². The van der Waals surface area contributed by atoms with Crippen LogP contribution in [0.2, 0.25) is 0 Å². The van der Waals surface area contributed by atoms with E-state index in [0.717, 1.165) is 0 Å². The van der Waals surface area contributed by atoms with E-state index in [1.165, 1.54) is 23.1 Å².